The number of hydrogen-bond donors (Lipinski definition) is 1. The number of carbonyl (C=O) groups excluding carboxylic acids is 3. The lowest BCUT2D eigenvalue weighted by atomic mass is 10.2. The number of imide groups is 1. The van der Waals surface area contributed by atoms with Crippen LogP contribution in [0.1, 0.15) is 18.4 Å². The van der Waals surface area contributed by atoms with Crippen molar-refractivity contribution in [3.8, 4) is 0 Å². The predicted molar refractivity (Wildman–Crippen MR) is 63.5 cm³/mol. The summed E-state index contributed by atoms with van der Waals surface area (Å²) < 4.78 is 0. The maximum Gasteiger partial charge on any atom is 0.432 e. The molecular weight excluding hydrogens is 250 g/mol. The summed E-state index contributed by atoms with van der Waals surface area (Å²) in [5, 5.41) is 2.99. The minimum Gasteiger partial charge on any atom is -0.319 e. The molecule has 0 radical (unpaired) electrons. The summed E-state index contributed by atoms with van der Waals surface area (Å²) >= 11 is 0. The molecule has 1 aromatic heterocycles. The van der Waals surface area contributed by atoms with Crippen LogP contribution in [0, 0.1) is 0 Å². The fourth-order valence-corrected chi connectivity index (χ4v) is 1.63. The number of pyridine rings is 1. The van der Waals surface area contributed by atoms with Crippen molar-refractivity contribution in [2.24, 2.45) is 0 Å². The molecule has 1 aliphatic rings. The number of aromatic nitrogens is 1. The molecule has 0 spiro atoms. The van der Waals surface area contributed by atoms with Gasteiger partial charge in [0.05, 0.1) is 0 Å². The van der Waals surface area contributed by atoms with E-state index in [9.17, 15) is 14.4 Å². The monoisotopic (exact) mass is 263 g/mol. The Bertz CT molecular complexity index is 473. The van der Waals surface area contributed by atoms with Crippen LogP contribution in [0.4, 0.5) is 4.79 Å². The van der Waals surface area contributed by atoms with Crippen molar-refractivity contribution in [3.05, 3.63) is 30.1 Å². The first-order valence-corrected chi connectivity index (χ1v) is 5.87. The van der Waals surface area contributed by atoms with Crippen molar-refractivity contribution < 1.29 is 19.2 Å². The van der Waals surface area contributed by atoms with E-state index >= 15 is 0 Å². The number of nitrogens with one attached hydrogen (secondary N) is 1. The van der Waals surface area contributed by atoms with E-state index in [1.54, 1.807) is 12.4 Å². The molecule has 1 N–H and O–H groups in total. The largest absolute Gasteiger partial charge is 0.432 e. The van der Waals surface area contributed by atoms with E-state index < -0.39 is 17.9 Å². The van der Waals surface area contributed by atoms with Gasteiger partial charge in [-0.25, -0.2) is 4.79 Å². The Kier molecular flexibility index (Phi) is 4.07. The topological polar surface area (TPSA) is 88.6 Å². The highest BCUT2D eigenvalue weighted by Gasteiger charge is 2.32. The third-order valence-corrected chi connectivity index (χ3v) is 2.61. The summed E-state index contributed by atoms with van der Waals surface area (Å²) in [6.07, 6.45) is 3.30. The Morgan fingerprint density at radius 1 is 1.26 bits per heavy atom. The van der Waals surface area contributed by atoms with Crippen LogP contribution in [-0.4, -0.2) is 34.5 Å². The normalized spacial score (nSPS) is 14.6. The summed E-state index contributed by atoms with van der Waals surface area (Å²) in [4.78, 5) is 42.3. The highest BCUT2D eigenvalue weighted by molar-refractivity contribution is 6.01. The first-order valence-electron chi connectivity index (χ1n) is 5.87. The van der Waals surface area contributed by atoms with Gasteiger partial charge in [0.2, 0.25) is 0 Å². The first kappa shape index (κ1) is 13.0. The molecule has 1 saturated heterocycles. The van der Waals surface area contributed by atoms with E-state index in [-0.39, 0.29) is 12.8 Å². The molecule has 1 fully saturated rings. The lowest BCUT2D eigenvalue weighted by Gasteiger charge is -2.13. The van der Waals surface area contributed by atoms with Crippen LogP contribution >= 0.6 is 0 Å². The SMILES string of the molecule is O=C(NCCc1ccncc1)ON1C(=O)CCC1=O. The van der Waals surface area contributed by atoms with Crippen molar-refractivity contribution in [2.75, 3.05) is 6.54 Å². The lowest BCUT2D eigenvalue weighted by molar-refractivity contribution is -0.171. The van der Waals surface area contributed by atoms with Crippen LogP contribution < -0.4 is 5.32 Å². The fourth-order valence-electron chi connectivity index (χ4n) is 1.63. The van der Waals surface area contributed by atoms with Crippen LogP contribution in [0.3, 0.4) is 0 Å². The van der Waals surface area contributed by atoms with Gasteiger partial charge in [-0.3, -0.25) is 14.6 Å². The maximum absolute atomic E-state index is 11.4. The summed E-state index contributed by atoms with van der Waals surface area (Å²) in [6, 6.07) is 3.67. The minimum absolute atomic E-state index is 0.0864. The average Bonchev–Trinajstić information content (AvgIpc) is 2.72. The van der Waals surface area contributed by atoms with Crippen LogP contribution in [0.5, 0.6) is 0 Å². The van der Waals surface area contributed by atoms with Gasteiger partial charge in [0.1, 0.15) is 0 Å². The van der Waals surface area contributed by atoms with E-state index in [0.29, 0.717) is 18.0 Å². The van der Waals surface area contributed by atoms with Gasteiger partial charge in [-0.1, -0.05) is 0 Å². The fraction of sp³-hybridized carbons (Fsp3) is 0.333. The Labute approximate surface area is 109 Å². The summed E-state index contributed by atoms with van der Waals surface area (Å²) in [6.45, 7) is 0.346. The molecule has 2 rings (SSSR count). The van der Waals surface area contributed by atoms with Crippen molar-refractivity contribution in [1.82, 2.24) is 15.4 Å². The van der Waals surface area contributed by atoms with Crippen LogP contribution in [0.2, 0.25) is 0 Å². The van der Waals surface area contributed by atoms with Gasteiger partial charge in [-0.05, 0) is 24.1 Å². The highest BCUT2D eigenvalue weighted by atomic mass is 16.7. The molecule has 1 aliphatic heterocycles. The molecule has 3 amide bonds. The smallest absolute Gasteiger partial charge is 0.319 e. The molecule has 7 heteroatoms. The zero-order valence-electron chi connectivity index (χ0n) is 10.2. The zero-order chi connectivity index (χ0) is 13.7. The van der Waals surface area contributed by atoms with Crippen molar-refractivity contribution >= 4 is 17.9 Å². The number of carbonyl (C=O) groups is 3. The molecule has 0 aromatic carbocycles. The van der Waals surface area contributed by atoms with E-state index in [0.717, 1.165) is 5.56 Å². The van der Waals surface area contributed by atoms with E-state index in [4.69, 9.17) is 0 Å². The van der Waals surface area contributed by atoms with Gasteiger partial charge in [0.15, 0.2) is 0 Å². The Hall–Kier alpha value is -2.44. The zero-order valence-corrected chi connectivity index (χ0v) is 10.2. The average molecular weight is 263 g/mol. The molecular formula is C12H13N3O4. The summed E-state index contributed by atoms with van der Waals surface area (Å²) in [5.41, 5.74) is 1.02. The van der Waals surface area contributed by atoms with Crippen molar-refractivity contribution in [2.45, 2.75) is 19.3 Å². The molecule has 0 bridgehead atoms. The quantitative estimate of drug-likeness (QED) is 0.795. The number of rotatable bonds is 4. The summed E-state index contributed by atoms with van der Waals surface area (Å²) in [7, 11) is 0. The van der Waals surface area contributed by atoms with Gasteiger partial charge in [-0.15, -0.1) is 5.06 Å². The second-order valence-electron chi connectivity index (χ2n) is 3.99. The molecule has 2 heterocycles. The van der Waals surface area contributed by atoms with Crippen LogP contribution in [-0.2, 0) is 20.8 Å². The molecule has 0 aliphatic carbocycles. The minimum atomic E-state index is -0.808. The van der Waals surface area contributed by atoms with E-state index in [1.165, 1.54) is 0 Å². The maximum atomic E-state index is 11.4. The van der Waals surface area contributed by atoms with Gasteiger partial charge in [0, 0.05) is 31.8 Å². The van der Waals surface area contributed by atoms with Gasteiger partial charge in [-0.2, -0.15) is 0 Å². The Morgan fingerprint density at radius 2 is 1.89 bits per heavy atom. The molecule has 7 nitrogen and oxygen atoms in total. The number of amides is 3. The van der Waals surface area contributed by atoms with E-state index in [2.05, 4.69) is 15.1 Å². The standard InChI is InChI=1S/C12H13N3O4/c16-10-1-2-11(17)15(10)19-12(18)14-8-5-9-3-6-13-7-4-9/h3-4,6-7H,1-2,5,8H2,(H,14,18). The third-order valence-electron chi connectivity index (χ3n) is 2.61. The molecule has 19 heavy (non-hydrogen) atoms. The van der Waals surface area contributed by atoms with Gasteiger partial charge >= 0.3 is 6.09 Å². The van der Waals surface area contributed by atoms with Crippen LogP contribution in [0.15, 0.2) is 24.5 Å². The Morgan fingerprint density at radius 3 is 2.53 bits per heavy atom. The number of hydroxylamine groups is 2. The molecule has 1 aromatic rings. The second-order valence-corrected chi connectivity index (χ2v) is 3.99. The summed E-state index contributed by atoms with van der Waals surface area (Å²) in [5.74, 6) is -0.983. The molecule has 0 saturated carbocycles. The first-order chi connectivity index (χ1) is 9.16. The third kappa shape index (κ3) is 3.51. The molecule has 100 valence electrons. The highest BCUT2D eigenvalue weighted by Crippen LogP contribution is 2.11. The number of hydrogen-bond acceptors (Lipinski definition) is 5. The predicted octanol–water partition coefficient (Wildman–Crippen LogP) is 0.414. The van der Waals surface area contributed by atoms with Gasteiger partial charge < -0.3 is 10.2 Å². The number of nitrogens with zero attached hydrogens (tertiary/aromatic N) is 2. The van der Waals surface area contributed by atoms with Crippen LogP contribution in [0.25, 0.3) is 0 Å². The molecule has 0 atom stereocenters. The lowest BCUT2D eigenvalue weighted by Crippen LogP contribution is -2.37. The second kappa shape index (κ2) is 5.94. The Balaban J connectivity index is 1.73. The van der Waals surface area contributed by atoms with Gasteiger partial charge in [0.25, 0.3) is 11.8 Å². The van der Waals surface area contributed by atoms with E-state index in [1.807, 2.05) is 12.1 Å². The van der Waals surface area contributed by atoms with Crippen molar-refractivity contribution in [1.29, 1.82) is 0 Å². The van der Waals surface area contributed by atoms with Crippen molar-refractivity contribution in [3.63, 3.8) is 0 Å². The molecule has 0 unspecified atom stereocenters.